The number of hydrogen-bond donors (Lipinski definition) is 2. The summed E-state index contributed by atoms with van der Waals surface area (Å²) < 4.78 is 0. The van der Waals surface area contributed by atoms with Crippen LogP contribution in [0, 0.1) is 11.3 Å². The first-order chi connectivity index (χ1) is 8.54. The van der Waals surface area contributed by atoms with Gasteiger partial charge in [0, 0.05) is 31.7 Å². The zero-order valence-corrected chi connectivity index (χ0v) is 10.5. The SMILES string of the molecule is CN(CCC#N)c1ccc(C(N)CC(N)=O)cc1. The maximum atomic E-state index is 10.8. The highest BCUT2D eigenvalue weighted by atomic mass is 16.1. The van der Waals surface area contributed by atoms with E-state index in [-0.39, 0.29) is 12.5 Å². The molecule has 0 fully saturated rings. The molecule has 4 N–H and O–H groups in total. The Kier molecular flexibility index (Phi) is 5.15. The molecule has 0 heterocycles. The van der Waals surface area contributed by atoms with Gasteiger partial charge >= 0.3 is 0 Å². The van der Waals surface area contributed by atoms with Crippen molar-refractivity contribution >= 4 is 11.6 Å². The van der Waals surface area contributed by atoms with Crippen molar-refractivity contribution in [2.75, 3.05) is 18.5 Å². The number of benzene rings is 1. The number of carbonyl (C=O) groups is 1. The fourth-order valence-electron chi connectivity index (χ4n) is 1.66. The van der Waals surface area contributed by atoms with Crippen molar-refractivity contribution < 1.29 is 4.79 Å². The van der Waals surface area contributed by atoms with E-state index in [0.717, 1.165) is 11.3 Å². The van der Waals surface area contributed by atoms with Crippen molar-refractivity contribution in [2.24, 2.45) is 11.5 Å². The molecule has 0 aliphatic carbocycles. The highest BCUT2D eigenvalue weighted by molar-refractivity contribution is 5.74. The molecule has 1 rings (SSSR count). The molecule has 0 radical (unpaired) electrons. The summed E-state index contributed by atoms with van der Waals surface area (Å²) in [4.78, 5) is 12.8. The lowest BCUT2D eigenvalue weighted by atomic mass is 10.0. The molecular weight excluding hydrogens is 228 g/mol. The van der Waals surface area contributed by atoms with Crippen LogP contribution in [0.25, 0.3) is 0 Å². The number of carbonyl (C=O) groups excluding carboxylic acids is 1. The quantitative estimate of drug-likeness (QED) is 0.779. The van der Waals surface area contributed by atoms with E-state index in [1.165, 1.54) is 0 Å². The Bertz CT molecular complexity index is 435. The lowest BCUT2D eigenvalue weighted by Crippen LogP contribution is -2.21. The third-order valence-corrected chi connectivity index (χ3v) is 2.74. The van der Waals surface area contributed by atoms with Crippen LogP contribution in [-0.2, 0) is 4.79 Å². The van der Waals surface area contributed by atoms with Gasteiger partial charge in [-0.15, -0.1) is 0 Å². The van der Waals surface area contributed by atoms with Crippen molar-refractivity contribution in [3.63, 3.8) is 0 Å². The molecular formula is C13H18N4O. The summed E-state index contributed by atoms with van der Waals surface area (Å²) in [5.41, 5.74) is 12.8. The second-order valence-corrected chi connectivity index (χ2v) is 4.20. The van der Waals surface area contributed by atoms with E-state index in [1.54, 1.807) is 0 Å². The smallest absolute Gasteiger partial charge is 0.219 e. The predicted molar refractivity (Wildman–Crippen MR) is 70.7 cm³/mol. The first kappa shape index (κ1) is 14.0. The Balaban J connectivity index is 2.67. The molecule has 18 heavy (non-hydrogen) atoms. The van der Waals surface area contributed by atoms with Crippen molar-refractivity contribution in [3.05, 3.63) is 29.8 Å². The van der Waals surface area contributed by atoms with E-state index < -0.39 is 5.91 Å². The van der Waals surface area contributed by atoms with Gasteiger partial charge in [-0.1, -0.05) is 12.1 Å². The fourth-order valence-corrected chi connectivity index (χ4v) is 1.66. The second-order valence-electron chi connectivity index (χ2n) is 4.20. The normalized spacial score (nSPS) is 11.6. The monoisotopic (exact) mass is 246 g/mol. The first-order valence-corrected chi connectivity index (χ1v) is 5.76. The topological polar surface area (TPSA) is 96.1 Å². The summed E-state index contributed by atoms with van der Waals surface area (Å²) >= 11 is 0. The number of nitrogens with two attached hydrogens (primary N) is 2. The van der Waals surface area contributed by atoms with Crippen LogP contribution in [0.4, 0.5) is 5.69 Å². The van der Waals surface area contributed by atoms with Crippen LogP contribution < -0.4 is 16.4 Å². The second kappa shape index (κ2) is 6.62. The molecule has 1 aromatic rings. The molecule has 0 aromatic heterocycles. The van der Waals surface area contributed by atoms with E-state index >= 15 is 0 Å². The Morgan fingerprint density at radius 2 is 2.06 bits per heavy atom. The van der Waals surface area contributed by atoms with Crippen LogP contribution in [0.15, 0.2) is 24.3 Å². The number of hydrogen-bond acceptors (Lipinski definition) is 4. The van der Waals surface area contributed by atoms with E-state index in [1.807, 2.05) is 36.2 Å². The van der Waals surface area contributed by atoms with Crippen LogP contribution in [0.1, 0.15) is 24.4 Å². The van der Waals surface area contributed by atoms with Crippen molar-refractivity contribution in [1.29, 1.82) is 5.26 Å². The molecule has 0 bridgehead atoms. The summed E-state index contributed by atoms with van der Waals surface area (Å²) in [6, 6.07) is 9.36. The van der Waals surface area contributed by atoms with Crippen LogP contribution in [-0.4, -0.2) is 19.5 Å². The minimum absolute atomic E-state index is 0.142. The van der Waals surface area contributed by atoms with Crippen LogP contribution >= 0.6 is 0 Å². The number of rotatable bonds is 6. The molecule has 1 unspecified atom stereocenters. The van der Waals surface area contributed by atoms with Gasteiger partial charge in [-0.05, 0) is 17.7 Å². The average molecular weight is 246 g/mol. The Hall–Kier alpha value is -2.06. The number of anilines is 1. The maximum Gasteiger partial charge on any atom is 0.219 e. The van der Waals surface area contributed by atoms with Crippen LogP contribution in [0.3, 0.4) is 0 Å². The Labute approximate surface area is 107 Å². The molecule has 1 atom stereocenters. The van der Waals surface area contributed by atoms with Gasteiger partial charge in [0.2, 0.25) is 5.91 Å². The minimum atomic E-state index is -0.405. The average Bonchev–Trinajstić information content (AvgIpc) is 2.35. The molecule has 1 amide bonds. The predicted octanol–water partition coefficient (Wildman–Crippen LogP) is 0.912. The van der Waals surface area contributed by atoms with E-state index in [0.29, 0.717) is 13.0 Å². The third kappa shape index (κ3) is 4.07. The summed E-state index contributed by atoms with van der Waals surface area (Å²) in [5, 5.41) is 8.53. The van der Waals surface area contributed by atoms with Gasteiger partial charge in [0.15, 0.2) is 0 Å². The van der Waals surface area contributed by atoms with Crippen LogP contribution in [0.2, 0.25) is 0 Å². The molecule has 5 heteroatoms. The molecule has 0 aliphatic rings. The summed E-state index contributed by atoms with van der Waals surface area (Å²) in [6.45, 7) is 0.684. The zero-order valence-electron chi connectivity index (χ0n) is 10.5. The zero-order chi connectivity index (χ0) is 13.5. The van der Waals surface area contributed by atoms with E-state index in [9.17, 15) is 4.79 Å². The summed E-state index contributed by atoms with van der Waals surface area (Å²) in [6.07, 6.45) is 0.628. The van der Waals surface area contributed by atoms with E-state index in [4.69, 9.17) is 16.7 Å². The highest BCUT2D eigenvalue weighted by Crippen LogP contribution is 2.19. The van der Waals surface area contributed by atoms with Crippen molar-refractivity contribution in [3.8, 4) is 6.07 Å². The van der Waals surface area contributed by atoms with Gasteiger partial charge in [0.1, 0.15) is 0 Å². The number of nitriles is 1. The fraction of sp³-hybridized carbons (Fsp3) is 0.385. The Morgan fingerprint density at radius 1 is 1.44 bits per heavy atom. The maximum absolute atomic E-state index is 10.8. The number of amides is 1. The summed E-state index contributed by atoms with van der Waals surface area (Å²) in [7, 11) is 1.93. The van der Waals surface area contributed by atoms with Crippen molar-refractivity contribution in [2.45, 2.75) is 18.9 Å². The molecule has 0 saturated heterocycles. The van der Waals surface area contributed by atoms with Gasteiger partial charge in [0.25, 0.3) is 0 Å². The third-order valence-electron chi connectivity index (χ3n) is 2.74. The van der Waals surface area contributed by atoms with Gasteiger partial charge in [-0.3, -0.25) is 4.79 Å². The molecule has 5 nitrogen and oxygen atoms in total. The molecule has 0 spiro atoms. The molecule has 1 aromatic carbocycles. The molecule has 96 valence electrons. The Morgan fingerprint density at radius 3 is 2.56 bits per heavy atom. The lowest BCUT2D eigenvalue weighted by Gasteiger charge is -2.18. The summed E-state index contributed by atoms with van der Waals surface area (Å²) in [5.74, 6) is -0.405. The van der Waals surface area contributed by atoms with Gasteiger partial charge in [0.05, 0.1) is 12.5 Å². The highest BCUT2D eigenvalue weighted by Gasteiger charge is 2.09. The lowest BCUT2D eigenvalue weighted by molar-refractivity contribution is -0.118. The minimum Gasteiger partial charge on any atom is -0.374 e. The van der Waals surface area contributed by atoms with E-state index in [2.05, 4.69) is 6.07 Å². The number of primary amides is 1. The van der Waals surface area contributed by atoms with Gasteiger partial charge < -0.3 is 16.4 Å². The molecule has 0 aliphatic heterocycles. The number of nitrogens with zero attached hydrogens (tertiary/aromatic N) is 2. The molecule has 0 saturated carbocycles. The largest absolute Gasteiger partial charge is 0.374 e. The standard InChI is InChI=1S/C13H18N4O/c1-17(8-2-7-14)11-5-3-10(4-6-11)12(15)9-13(16)18/h3-6,12H,2,8-9,15H2,1H3,(H2,16,18). The van der Waals surface area contributed by atoms with Crippen LogP contribution in [0.5, 0.6) is 0 Å². The first-order valence-electron chi connectivity index (χ1n) is 5.76. The van der Waals surface area contributed by atoms with Crippen molar-refractivity contribution in [1.82, 2.24) is 0 Å². The van der Waals surface area contributed by atoms with Gasteiger partial charge in [-0.2, -0.15) is 5.26 Å². The van der Waals surface area contributed by atoms with Gasteiger partial charge in [-0.25, -0.2) is 0 Å².